The minimum Gasteiger partial charge on any atom is -0.444 e. The van der Waals surface area contributed by atoms with Gasteiger partial charge in [0.2, 0.25) is 10.0 Å². The van der Waals surface area contributed by atoms with Crippen LogP contribution < -0.4 is 5.32 Å². The summed E-state index contributed by atoms with van der Waals surface area (Å²) in [5.41, 5.74) is -0.606. The molecule has 130 valence electrons. The number of halogens is 1. The van der Waals surface area contributed by atoms with Crippen molar-refractivity contribution in [2.75, 3.05) is 13.6 Å². The van der Waals surface area contributed by atoms with Crippen molar-refractivity contribution in [3.05, 3.63) is 29.3 Å². The molecule has 0 fully saturated rings. The molecule has 0 radical (unpaired) electrons. The fourth-order valence-corrected chi connectivity index (χ4v) is 3.21. The summed E-state index contributed by atoms with van der Waals surface area (Å²) in [4.78, 5) is 11.8. The molecule has 0 aliphatic rings. The van der Waals surface area contributed by atoms with E-state index in [1.54, 1.807) is 27.7 Å². The van der Waals surface area contributed by atoms with Crippen molar-refractivity contribution >= 4 is 27.7 Å². The molecule has 0 unspecified atom stereocenters. The molecule has 1 amide bonds. The molecule has 1 atom stereocenters. The van der Waals surface area contributed by atoms with Crippen molar-refractivity contribution < 1.29 is 17.9 Å². The Kier molecular flexibility index (Phi) is 6.44. The predicted molar refractivity (Wildman–Crippen MR) is 90.1 cm³/mol. The lowest BCUT2D eigenvalue weighted by molar-refractivity contribution is 0.0504. The van der Waals surface area contributed by atoms with Crippen LogP contribution in [0.2, 0.25) is 5.02 Å². The lowest BCUT2D eigenvalue weighted by Crippen LogP contribution is -2.44. The fourth-order valence-electron chi connectivity index (χ4n) is 1.82. The predicted octanol–water partition coefficient (Wildman–Crippen LogP) is 2.87. The standard InChI is InChI=1S/C15H23ClN2O4S/c1-11(17-14(19)22-15(2,3)4)10-18(5)23(20,21)13-8-6-12(16)7-9-13/h6-9,11H,10H2,1-5H3,(H,17,19)/t11-/m0/s1. The van der Waals surface area contributed by atoms with Gasteiger partial charge in [-0.05, 0) is 52.0 Å². The van der Waals surface area contributed by atoms with Crippen LogP contribution in [0.25, 0.3) is 0 Å². The number of alkyl carbamates (subject to hydrolysis) is 1. The number of nitrogens with zero attached hydrogens (tertiary/aromatic N) is 1. The number of carbonyl (C=O) groups excluding carboxylic acids is 1. The molecule has 1 N–H and O–H groups in total. The maximum Gasteiger partial charge on any atom is 0.407 e. The maximum absolute atomic E-state index is 12.4. The van der Waals surface area contributed by atoms with E-state index in [4.69, 9.17) is 16.3 Å². The molecule has 23 heavy (non-hydrogen) atoms. The number of likely N-dealkylation sites (N-methyl/N-ethyl adjacent to an activating group) is 1. The molecule has 0 saturated carbocycles. The van der Waals surface area contributed by atoms with Crippen LogP contribution in [0.15, 0.2) is 29.2 Å². The average Bonchev–Trinajstić information content (AvgIpc) is 2.36. The van der Waals surface area contributed by atoms with Gasteiger partial charge in [-0.1, -0.05) is 11.6 Å². The topological polar surface area (TPSA) is 75.7 Å². The van der Waals surface area contributed by atoms with Crippen LogP contribution in [-0.2, 0) is 14.8 Å². The third kappa shape index (κ3) is 6.37. The molecular formula is C15H23ClN2O4S. The molecule has 1 aromatic carbocycles. The summed E-state index contributed by atoms with van der Waals surface area (Å²) in [5, 5.41) is 3.08. The molecule has 6 nitrogen and oxygen atoms in total. The van der Waals surface area contributed by atoms with E-state index in [0.29, 0.717) is 5.02 Å². The Morgan fingerprint density at radius 2 is 1.83 bits per heavy atom. The summed E-state index contributed by atoms with van der Waals surface area (Å²) in [6.07, 6.45) is -0.581. The molecule has 0 aliphatic carbocycles. The average molecular weight is 363 g/mol. The zero-order valence-electron chi connectivity index (χ0n) is 14.0. The van der Waals surface area contributed by atoms with Crippen molar-refractivity contribution in [3.63, 3.8) is 0 Å². The quantitative estimate of drug-likeness (QED) is 0.873. The largest absolute Gasteiger partial charge is 0.444 e. The molecule has 0 aromatic heterocycles. The number of hydrogen-bond acceptors (Lipinski definition) is 4. The number of nitrogens with one attached hydrogen (secondary N) is 1. The molecule has 1 aromatic rings. The van der Waals surface area contributed by atoms with Crippen molar-refractivity contribution in [1.29, 1.82) is 0 Å². The molecule has 8 heteroatoms. The van der Waals surface area contributed by atoms with Gasteiger partial charge in [0, 0.05) is 24.7 Å². The highest BCUT2D eigenvalue weighted by Gasteiger charge is 2.24. The number of benzene rings is 1. The van der Waals surface area contributed by atoms with E-state index in [2.05, 4.69) is 5.32 Å². The molecule has 0 heterocycles. The number of carbonyl (C=O) groups is 1. The van der Waals surface area contributed by atoms with Gasteiger partial charge in [0.05, 0.1) is 4.90 Å². The Balaban J connectivity index is 2.69. The van der Waals surface area contributed by atoms with Gasteiger partial charge in [0.15, 0.2) is 0 Å². The number of hydrogen-bond donors (Lipinski definition) is 1. The summed E-state index contributed by atoms with van der Waals surface area (Å²) >= 11 is 5.77. The summed E-state index contributed by atoms with van der Waals surface area (Å²) in [7, 11) is -2.18. The Morgan fingerprint density at radius 1 is 1.30 bits per heavy atom. The third-order valence-electron chi connectivity index (χ3n) is 2.82. The van der Waals surface area contributed by atoms with Crippen LogP contribution in [0, 0.1) is 0 Å². The number of rotatable bonds is 5. The maximum atomic E-state index is 12.4. The monoisotopic (exact) mass is 362 g/mol. The van der Waals surface area contributed by atoms with Gasteiger partial charge < -0.3 is 10.1 Å². The number of amides is 1. The van der Waals surface area contributed by atoms with Gasteiger partial charge in [0.25, 0.3) is 0 Å². The first-order chi connectivity index (χ1) is 10.4. The van der Waals surface area contributed by atoms with Crippen LogP contribution in [-0.4, -0.2) is 44.1 Å². The lowest BCUT2D eigenvalue weighted by atomic mass is 10.2. The van der Waals surface area contributed by atoms with E-state index in [1.807, 2.05) is 0 Å². The second-order valence-corrected chi connectivity index (χ2v) is 8.77. The number of sulfonamides is 1. The summed E-state index contributed by atoms with van der Waals surface area (Å²) < 4.78 is 31.2. The van der Waals surface area contributed by atoms with Gasteiger partial charge in [-0.2, -0.15) is 4.31 Å². The Labute approximate surface area is 142 Å². The van der Waals surface area contributed by atoms with Crippen LogP contribution in [0.1, 0.15) is 27.7 Å². The molecule has 1 rings (SSSR count). The second-order valence-electron chi connectivity index (χ2n) is 6.29. The van der Waals surface area contributed by atoms with Gasteiger partial charge in [-0.15, -0.1) is 0 Å². The number of ether oxygens (including phenoxy) is 1. The third-order valence-corrected chi connectivity index (χ3v) is 4.91. The molecule has 0 bridgehead atoms. The molecule has 0 saturated heterocycles. The molecule has 0 aliphatic heterocycles. The van der Waals surface area contributed by atoms with Gasteiger partial charge in [0.1, 0.15) is 5.60 Å². The minimum atomic E-state index is -3.64. The van der Waals surface area contributed by atoms with Crippen molar-refractivity contribution in [2.45, 2.75) is 44.2 Å². The Hall–Kier alpha value is -1.31. The normalized spacial score (nSPS) is 13.7. The molecular weight excluding hydrogens is 340 g/mol. The smallest absolute Gasteiger partial charge is 0.407 e. The van der Waals surface area contributed by atoms with E-state index < -0.39 is 27.8 Å². The first-order valence-electron chi connectivity index (χ1n) is 7.13. The highest BCUT2D eigenvalue weighted by atomic mass is 35.5. The van der Waals surface area contributed by atoms with Gasteiger partial charge in [-0.25, -0.2) is 13.2 Å². The van der Waals surface area contributed by atoms with Crippen molar-refractivity contribution in [3.8, 4) is 0 Å². The lowest BCUT2D eigenvalue weighted by Gasteiger charge is -2.24. The first-order valence-corrected chi connectivity index (χ1v) is 8.95. The second kappa shape index (κ2) is 7.51. The molecule has 0 spiro atoms. The first kappa shape index (κ1) is 19.7. The van der Waals surface area contributed by atoms with Crippen molar-refractivity contribution in [1.82, 2.24) is 9.62 Å². The zero-order chi connectivity index (χ0) is 17.8. The van der Waals surface area contributed by atoms with E-state index in [9.17, 15) is 13.2 Å². The van der Waals surface area contributed by atoms with Crippen LogP contribution in [0.5, 0.6) is 0 Å². The van der Waals surface area contributed by atoms with E-state index in [1.165, 1.54) is 35.6 Å². The van der Waals surface area contributed by atoms with E-state index >= 15 is 0 Å². The van der Waals surface area contributed by atoms with Crippen LogP contribution >= 0.6 is 11.6 Å². The summed E-state index contributed by atoms with van der Waals surface area (Å²) in [5.74, 6) is 0. The van der Waals surface area contributed by atoms with Crippen LogP contribution in [0.3, 0.4) is 0 Å². The van der Waals surface area contributed by atoms with E-state index in [0.717, 1.165) is 0 Å². The Morgan fingerprint density at radius 3 is 2.30 bits per heavy atom. The van der Waals surface area contributed by atoms with E-state index in [-0.39, 0.29) is 11.4 Å². The SMILES string of the molecule is C[C@@H](CN(C)S(=O)(=O)c1ccc(Cl)cc1)NC(=O)OC(C)(C)C. The van der Waals surface area contributed by atoms with Gasteiger partial charge in [-0.3, -0.25) is 0 Å². The highest BCUT2D eigenvalue weighted by molar-refractivity contribution is 7.89. The van der Waals surface area contributed by atoms with Crippen LogP contribution in [0.4, 0.5) is 4.79 Å². The van der Waals surface area contributed by atoms with Gasteiger partial charge >= 0.3 is 6.09 Å². The zero-order valence-corrected chi connectivity index (χ0v) is 15.5. The van der Waals surface area contributed by atoms with Crippen molar-refractivity contribution in [2.24, 2.45) is 0 Å². The fraction of sp³-hybridized carbons (Fsp3) is 0.533. The minimum absolute atomic E-state index is 0.115. The summed E-state index contributed by atoms with van der Waals surface area (Å²) in [6.45, 7) is 7.10. The Bertz CT molecular complexity index is 638. The summed E-state index contributed by atoms with van der Waals surface area (Å²) in [6, 6.07) is 5.52. The highest BCUT2D eigenvalue weighted by Crippen LogP contribution is 2.17.